The van der Waals surface area contributed by atoms with E-state index < -0.39 is 17.7 Å². The van der Waals surface area contributed by atoms with Crippen LogP contribution in [0, 0.1) is 0 Å². The van der Waals surface area contributed by atoms with Gasteiger partial charge in [-0.1, -0.05) is 0 Å². The summed E-state index contributed by atoms with van der Waals surface area (Å²) in [5.74, 6) is -1.05. The summed E-state index contributed by atoms with van der Waals surface area (Å²) in [6.45, 7) is 3.03. The van der Waals surface area contributed by atoms with E-state index in [0.717, 1.165) is 5.75 Å². The molecule has 0 unspecified atom stereocenters. The molecule has 15 heavy (non-hydrogen) atoms. The summed E-state index contributed by atoms with van der Waals surface area (Å²) in [5, 5.41) is 1.45. The maximum atomic E-state index is 11.4. The van der Waals surface area contributed by atoms with Crippen LogP contribution in [0.15, 0.2) is 11.0 Å². The van der Waals surface area contributed by atoms with Gasteiger partial charge in [0.2, 0.25) is 0 Å². The summed E-state index contributed by atoms with van der Waals surface area (Å²) in [7, 11) is 0. The monoisotopic (exact) mass is 248 g/mol. The third-order valence-corrected chi connectivity index (χ3v) is 2.90. The van der Waals surface area contributed by atoms with Gasteiger partial charge < -0.3 is 9.47 Å². The number of esters is 2. The van der Waals surface area contributed by atoms with Crippen LogP contribution in [0.5, 0.6) is 0 Å². The third-order valence-electron chi connectivity index (χ3n) is 1.53. The summed E-state index contributed by atoms with van der Waals surface area (Å²) in [4.78, 5) is 22.8. The Labute approximate surface area is 97.8 Å². The molecule has 0 aromatic carbocycles. The van der Waals surface area contributed by atoms with Crippen molar-refractivity contribution >= 4 is 36.3 Å². The highest BCUT2D eigenvalue weighted by Gasteiger charge is 2.38. The van der Waals surface area contributed by atoms with Gasteiger partial charge in [0.05, 0.1) is 0 Å². The van der Waals surface area contributed by atoms with E-state index >= 15 is 0 Å². The molecule has 84 valence electrons. The molecule has 1 aliphatic rings. The molecule has 0 radical (unpaired) electrons. The molecule has 1 heterocycles. The number of carbonyl (C=O) groups excluding carboxylic acids is 2. The topological polar surface area (TPSA) is 52.6 Å². The fourth-order valence-electron chi connectivity index (χ4n) is 0.952. The van der Waals surface area contributed by atoms with Crippen molar-refractivity contribution in [1.82, 2.24) is 0 Å². The Morgan fingerprint density at radius 1 is 1.33 bits per heavy atom. The first kappa shape index (κ1) is 12.4. The predicted molar refractivity (Wildman–Crippen MR) is 60.7 cm³/mol. The van der Waals surface area contributed by atoms with E-state index in [9.17, 15) is 9.59 Å². The van der Waals surface area contributed by atoms with Crippen LogP contribution < -0.4 is 0 Å². The third kappa shape index (κ3) is 3.46. The molecule has 0 atom stereocenters. The molecule has 0 aromatic rings. The van der Waals surface area contributed by atoms with Crippen molar-refractivity contribution in [2.75, 3.05) is 11.5 Å². The van der Waals surface area contributed by atoms with Gasteiger partial charge in [0.25, 0.3) is 5.79 Å². The number of cyclic esters (lactones) is 2. The van der Waals surface area contributed by atoms with Crippen LogP contribution in [-0.2, 0) is 19.1 Å². The zero-order chi connectivity index (χ0) is 11.5. The van der Waals surface area contributed by atoms with Crippen molar-refractivity contribution in [1.29, 1.82) is 0 Å². The van der Waals surface area contributed by atoms with Gasteiger partial charge in [-0.25, -0.2) is 9.59 Å². The zero-order valence-electron chi connectivity index (χ0n) is 8.48. The minimum Gasteiger partial charge on any atom is -0.419 e. The van der Waals surface area contributed by atoms with Crippen molar-refractivity contribution in [3.63, 3.8) is 0 Å². The number of hydrogen-bond acceptors (Lipinski definition) is 6. The van der Waals surface area contributed by atoms with Gasteiger partial charge in [-0.2, -0.15) is 12.6 Å². The first-order chi connectivity index (χ1) is 6.96. The second-order valence-electron chi connectivity index (χ2n) is 3.30. The molecule has 0 aromatic heterocycles. The van der Waals surface area contributed by atoms with Crippen molar-refractivity contribution in [3.8, 4) is 0 Å². The summed E-state index contributed by atoms with van der Waals surface area (Å²) >= 11 is 5.34. The molecule has 0 aliphatic carbocycles. The zero-order valence-corrected chi connectivity index (χ0v) is 10.2. The Morgan fingerprint density at radius 2 is 1.87 bits per heavy atom. The molecule has 0 N–H and O–H groups in total. The highest BCUT2D eigenvalue weighted by atomic mass is 32.2. The molecular weight excluding hydrogens is 236 g/mol. The van der Waals surface area contributed by atoms with Gasteiger partial charge in [-0.3, -0.25) is 0 Å². The van der Waals surface area contributed by atoms with E-state index in [0.29, 0.717) is 5.75 Å². The van der Waals surface area contributed by atoms with Crippen LogP contribution in [-0.4, -0.2) is 29.2 Å². The van der Waals surface area contributed by atoms with E-state index in [1.54, 1.807) is 0 Å². The molecule has 0 saturated carbocycles. The fourth-order valence-corrected chi connectivity index (χ4v) is 1.85. The van der Waals surface area contributed by atoms with Crippen molar-refractivity contribution < 1.29 is 19.1 Å². The quantitative estimate of drug-likeness (QED) is 0.269. The lowest BCUT2D eigenvalue weighted by atomic mass is 10.2. The first-order valence-electron chi connectivity index (χ1n) is 4.35. The molecule has 6 heteroatoms. The molecule has 0 amide bonds. The SMILES string of the molecule is CC1(C)OC(=O)C(=CSCCS)C(=O)O1. The summed E-state index contributed by atoms with van der Waals surface area (Å²) in [6.07, 6.45) is 0. The van der Waals surface area contributed by atoms with Gasteiger partial charge in [0.1, 0.15) is 0 Å². The Morgan fingerprint density at radius 3 is 2.33 bits per heavy atom. The normalized spacial score (nSPS) is 19.5. The number of carbonyl (C=O) groups is 2. The van der Waals surface area contributed by atoms with Crippen LogP contribution >= 0.6 is 24.4 Å². The highest BCUT2D eigenvalue weighted by molar-refractivity contribution is 8.02. The number of rotatable bonds is 3. The Balaban J connectivity index is 2.71. The Hall–Kier alpha value is -0.620. The van der Waals surface area contributed by atoms with Crippen LogP contribution in [0.1, 0.15) is 13.8 Å². The molecule has 0 spiro atoms. The molecule has 0 bridgehead atoms. The number of thioether (sulfide) groups is 1. The van der Waals surface area contributed by atoms with Gasteiger partial charge in [0, 0.05) is 19.6 Å². The molecule has 1 aliphatic heterocycles. The second-order valence-corrected chi connectivity index (χ2v) is 4.73. The number of hydrogen-bond donors (Lipinski definition) is 1. The van der Waals surface area contributed by atoms with Gasteiger partial charge >= 0.3 is 11.9 Å². The first-order valence-corrected chi connectivity index (χ1v) is 6.04. The van der Waals surface area contributed by atoms with E-state index in [1.807, 2.05) is 0 Å². The van der Waals surface area contributed by atoms with E-state index in [1.165, 1.54) is 31.0 Å². The van der Waals surface area contributed by atoms with Crippen LogP contribution in [0.2, 0.25) is 0 Å². The maximum absolute atomic E-state index is 11.4. The average molecular weight is 248 g/mol. The molecular formula is C9H12O4S2. The smallest absolute Gasteiger partial charge is 0.349 e. The Bertz CT molecular complexity index is 287. The van der Waals surface area contributed by atoms with E-state index in [4.69, 9.17) is 9.47 Å². The van der Waals surface area contributed by atoms with E-state index in [2.05, 4.69) is 12.6 Å². The molecule has 1 rings (SSSR count). The van der Waals surface area contributed by atoms with E-state index in [-0.39, 0.29) is 5.57 Å². The minimum atomic E-state index is -1.17. The minimum absolute atomic E-state index is 0.0545. The van der Waals surface area contributed by atoms with Gasteiger partial charge in [0.15, 0.2) is 5.57 Å². The van der Waals surface area contributed by atoms with Crippen molar-refractivity contribution in [2.45, 2.75) is 19.6 Å². The summed E-state index contributed by atoms with van der Waals surface area (Å²) in [6, 6.07) is 0. The maximum Gasteiger partial charge on any atom is 0.349 e. The molecule has 1 fully saturated rings. The lowest BCUT2D eigenvalue weighted by molar-refractivity contribution is -0.222. The average Bonchev–Trinajstić information content (AvgIpc) is 2.08. The molecule has 1 saturated heterocycles. The number of thiol groups is 1. The van der Waals surface area contributed by atoms with Crippen molar-refractivity contribution in [3.05, 3.63) is 11.0 Å². The lowest BCUT2D eigenvalue weighted by Crippen LogP contribution is -2.41. The van der Waals surface area contributed by atoms with Crippen LogP contribution in [0.3, 0.4) is 0 Å². The van der Waals surface area contributed by atoms with Gasteiger partial charge in [-0.15, -0.1) is 11.8 Å². The highest BCUT2D eigenvalue weighted by Crippen LogP contribution is 2.24. The Kier molecular flexibility index (Phi) is 4.10. The van der Waals surface area contributed by atoms with Crippen molar-refractivity contribution in [2.24, 2.45) is 0 Å². The van der Waals surface area contributed by atoms with Crippen LogP contribution in [0.25, 0.3) is 0 Å². The van der Waals surface area contributed by atoms with Gasteiger partial charge in [-0.05, 0) is 11.2 Å². The van der Waals surface area contributed by atoms with Crippen LogP contribution in [0.4, 0.5) is 0 Å². The summed E-state index contributed by atoms with van der Waals surface area (Å²) in [5.41, 5.74) is -0.0545. The second kappa shape index (κ2) is 4.94. The fraction of sp³-hybridized carbons (Fsp3) is 0.556. The largest absolute Gasteiger partial charge is 0.419 e. The lowest BCUT2D eigenvalue weighted by Gasteiger charge is -2.29. The number of ether oxygens (including phenoxy) is 2. The standard InChI is InChI=1S/C9H12O4S2/c1-9(2)12-7(10)6(8(11)13-9)5-15-4-3-14/h5,14H,3-4H2,1-2H3. The summed E-state index contributed by atoms with van der Waals surface area (Å²) < 4.78 is 9.81. The molecule has 4 nitrogen and oxygen atoms in total. The predicted octanol–water partition coefficient (Wildman–Crippen LogP) is 1.37.